The molecule has 68 heavy (non-hydrogen) atoms. The van der Waals surface area contributed by atoms with Crippen LogP contribution in [0, 0.1) is 0 Å². The van der Waals surface area contributed by atoms with Gasteiger partial charge in [0.2, 0.25) is 0 Å². The number of fused-ring (bicyclic) bond motifs is 25. The first-order chi connectivity index (χ1) is 33.7. The molecule has 1 heterocycles. The zero-order valence-corrected chi connectivity index (χ0v) is 37.7. The van der Waals surface area contributed by atoms with Crippen molar-refractivity contribution in [2.45, 2.75) is 10.8 Å². The second-order valence-electron chi connectivity index (χ2n) is 19.0. The molecule has 314 valence electrons. The molecule has 4 aliphatic carbocycles. The molecule has 0 amide bonds. The van der Waals surface area contributed by atoms with Crippen molar-refractivity contribution in [3.8, 4) is 44.5 Å². The number of nitrogens with zero attached hydrogens (tertiary/aromatic N) is 1. The van der Waals surface area contributed by atoms with Crippen LogP contribution < -0.4 is 4.90 Å². The molecule has 0 saturated heterocycles. The first-order valence-electron chi connectivity index (χ1n) is 23.8. The lowest BCUT2D eigenvalue weighted by molar-refractivity contribution is 0.792. The predicted octanol–water partition coefficient (Wildman–Crippen LogP) is 17.4. The Morgan fingerprint density at radius 3 is 1.09 bits per heavy atom. The third-order valence-corrected chi connectivity index (χ3v) is 17.3. The molecule has 0 saturated carbocycles. The fraction of sp³-hybridized carbons (Fsp3) is 0.0303. The number of rotatable bonds is 3. The summed E-state index contributed by atoms with van der Waals surface area (Å²) < 4.78 is 2.58. The molecular formula is C66H39NS. The fourth-order valence-corrected chi connectivity index (χ4v) is 14.8. The van der Waals surface area contributed by atoms with Gasteiger partial charge in [-0.3, -0.25) is 0 Å². The van der Waals surface area contributed by atoms with E-state index in [9.17, 15) is 0 Å². The molecule has 12 aromatic rings. The maximum Gasteiger partial charge on any atom is 0.0726 e. The summed E-state index contributed by atoms with van der Waals surface area (Å²) in [6.07, 6.45) is 0. The molecule has 0 atom stereocenters. The van der Waals surface area contributed by atoms with Crippen LogP contribution in [0.3, 0.4) is 0 Å². The Morgan fingerprint density at radius 1 is 0.294 bits per heavy atom. The maximum absolute atomic E-state index is 2.61. The van der Waals surface area contributed by atoms with Crippen molar-refractivity contribution >= 4 is 59.3 Å². The van der Waals surface area contributed by atoms with Crippen molar-refractivity contribution in [3.05, 3.63) is 281 Å². The number of benzene rings is 11. The molecule has 0 aliphatic heterocycles. The molecule has 0 radical (unpaired) electrons. The third kappa shape index (κ3) is 4.38. The van der Waals surface area contributed by atoms with E-state index < -0.39 is 10.8 Å². The van der Waals surface area contributed by atoms with Gasteiger partial charge in [-0.2, -0.15) is 0 Å². The summed E-state index contributed by atoms with van der Waals surface area (Å²) in [4.78, 5) is 2.61. The van der Waals surface area contributed by atoms with Gasteiger partial charge in [-0.25, -0.2) is 0 Å². The molecule has 0 fully saturated rings. The Labute approximate surface area is 398 Å². The van der Waals surface area contributed by atoms with Gasteiger partial charge in [0.05, 0.1) is 21.2 Å². The number of anilines is 3. The van der Waals surface area contributed by atoms with Crippen LogP contribution in [0.2, 0.25) is 0 Å². The van der Waals surface area contributed by atoms with Crippen molar-refractivity contribution in [2.24, 2.45) is 0 Å². The topological polar surface area (TPSA) is 3.24 Å². The second-order valence-corrected chi connectivity index (χ2v) is 20.0. The van der Waals surface area contributed by atoms with Crippen LogP contribution in [0.4, 0.5) is 17.1 Å². The Hall–Kier alpha value is -8.30. The summed E-state index contributed by atoms with van der Waals surface area (Å²) >= 11 is 1.91. The molecule has 2 heteroatoms. The summed E-state index contributed by atoms with van der Waals surface area (Å²) in [5, 5.41) is 5.14. The molecule has 0 unspecified atom stereocenters. The van der Waals surface area contributed by atoms with Gasteiger partial charge in [-0.05, 0) is 136 Å². The highest BCUT2D eigenvalue weighted by Crippen LogP contribution is 2.66. The Kier molecular flexibility index (Phi) is 7.15. The number of hydrogen-bond donors (Lipinski definition) is 0. The van der Waals surface area contributed by atoms with Gasteiger partial charge in [-0.15, -0.1) is 11.3 Å². The number of hydrogen-bond acceptors (Lipinski definition) is 2. The van der Waals surface area contributed by atoms with E-state index >= 15 is 0 Å². The molecular weight excluding hydrogens is 839 g/mol. The Bertz CT molecular complexity index is 3870. The Morgan fingerprint density at radius 2 is 0.647 bits per heavy atom. The van der Waals surface area contributed by atoms with Crippen molar-refractivity contribution in [1.82, 2.24) is 0 Å². The van der Waals surface area contributed by atoms with Crippen LogP contribution in [-0.4, -0.2) is 0 Å². The average Bonchev–Trinajstić information content (AvgIpc) is 4.18. The predicted molar refractivity (Wildman–Crippen MR) is 284 cm³/mol. The Balaban J connectivity index is 1.03. The molecule has 11 aromatic carbocycles. The van der Waals surface area contributed by atoms with E-state index in [0.717, 1.165) is 11.4 Å². The van der Waals surface area contributed by atoms with Gasteiger partial charge in [-0.1, -0.05) is 200 Å². The SMILES string of the molecule is c1ccc2c(c1)-c1ccccc1C21c2ccccc2-c2ccc(N(c3ccc4c(c3)C3(c5ccccc5-c5ccccc53)c3ccccc3-4)c3cc4ccccc4c4c3sc3ccccc34)cc21. The lowest BCUT2D eigenvalue weighted by Crippen LogP contribution is -2.26. The van der Waals surface area contributed by atoms with Crippen molar-refractivity contribution < 1.29 is 0 Å². The molecule has 4 aliphatic rings. The lowest BCUT2D eigenvalue weighted by Gasteiger charge is -2.33. The second kappa shape index (κ2) is 13.2. The molecule has 1 aromatic heterocycles. The van der Waals surface area contributed by atoms with Crippen molar-refractivity contribution in [2.75, 3.05) is 4.90 Å². The first-order valence-corrected chi connectivity index (χ1v) is 24.6. The van der Waals surface area contributed by atoms with E-state index in [-0.39, 0.29) is 0 Å². The van der Waals surface area contributed by atoms with Crippen LogP contribution in [-0.2, 0) is 10.8 Å². The molecule has 2 spiro atoms. The van der Waals surface area contributed by atoms with E-state index in [1.54, 1.807) is 0 Å². The maximum atomic E-state index is 2.61. The lowest BCUT2D eigenvalue weighted by atomic mass is 9.70. The van der Waals surface area contributed by atoms with Crippen LogP contribution in [0.5, 0.6) is 0 Å². The summed E-state index contributed by atoms with van der Waals surface area (Å²) in [7, 11) is 0. The highest BCUT2D eigenvalue weighted by Gasteiger charge is 2.53. The zero-order valence-electron chi connectivity index (χ0n) is 36.9. The molecule has 0 N–H and O–H groups in total. The zero-order chi connectivity index (χ0) is 44.3. The number of thiophene rings is 1. The summed E-state index contributed by atoms with van der Waals surface area (Å²) in [6, 6.07) is 90.0. The standard InChI is InChI=1S/C66H39NS/c1-2-18-43-40(17-1)37-61(64-63(43)52-25-9-16-32-62(52)68-64)67(41-33-35-50-48-23-7-14-30-57(48)65(59(50)38-41)53-26-10-3-19-44(53)45-20-4-11-27-54(45)65)42-34-36-51-49-24-8-15-31-58(49)66(60(51)39-42)55-28-12-5-21-46(55)47-22-6-13-29-56(47)66/h1-39H. The van der Waals surface area contributed by atoms with Gasteiger partial charge >= 0.3 is 0 Å². The smallest absolute Gasteiger partial charge is 0.0726 e. The van der Waals surface area contributed by atoms with Crippen LogP contribution in [0.15, 0.2) is 237 Å². The van der Waals surface area contributed by atoms with Crippen molar-refractivity contribution in [1.29, 1.82) is 0 Å². The average molecular weight is 878 g/mol. The minimum atomic E-state index is -0.474. The third-order valence-electron chi connectivity index (χ3n) is 16.1. The van der Waals surface area contributed by atoms with E-state index in [1.165, 1.54) is 126 Å². The van der Waals surface area contributed by atoms with Gasteiger partial charge in [0, 0.05) is 26.8 Å². The molecule has 0 bridgehead atoms. The molecule has 16 rings (SSSR count). The summed E-state index contributed by atoms with van der Waals surface area (Å²) in [5.74, 6) is 0. The van der Waals surface area contributed by atoms with Gasteiger partial charge in [0.15, 0.2) is 0 Å². The van der Waals surface area contributed by atoms with E-state index in [4.69, 9.17) is 0 Å². The van der Waals surface area contributed by atoms with E-state index in [2.05, 4.69) is 241 Å². The summed E-state index contributed by atoms with van der Waals surface area (Å²) in [5.41, 5.74) is 23.8. The van der Waals surface area contributed by atoms with Crippen LogP contribution in [0.1, 0.15) is 44.5 Å². The first kappa shape index (κ1) is 36.9. The van der Waals surface area contributed by atoms with Gasteiger partial charge in [0.25, 0.3) is 0 Å². The van der Waals surface area contributed by atoms with Crippen molar-refractivity contribution in [3.63, 3.8) is 0 Å². The minimum Gasteiger partial charge on any atom is -0.309 e. The molecule has 1 nitrogen and oxygen atoms in total. The largest absolute Gasteiger partial charge is 0.309 e. The summed E-state index contributed by atoms with van der Waals surface area (Å²) in [6.45, 7) is 0. The van der Waals surface area contributed by atoms with Gasteiger partial charge < -0.3 is 4.90 Å². The quantitative estimate of drug-likeness (QED) is 0.171. The highest BCUT2D eigenvalue weighted by atomic mass is 32.1. The van der Waals surface area contributed by atoms with E-state index in [0.29, 0.717) is 0 Å². The van der Waals surface area contributed by atoms with Gasteiger partial charge in [0.1, 0.15) is 0 Å². The highest BCUT2D eigenvalue weighted by molar-refractivity contribution is 7.26. The normalized spacial score (nSPS) is 14.4. The fourth-order valence-electron chi connectivity index (χ4n) is 13.6. The van der Waals surface area contributed by atoms with Crippen LogP contribution >= 0.6 is 11.3 Å². The minimum absolute atomic E-state index is 0.474. The van der Waals surface area contributed by atoms with Crippen LogP contribution in [0.25, 0.3) is 75.5 Å². The monoisotopic (exact) mass is 877 g/mol. The van der Waals surface area contributed by atoms with E-state index in [1.807, 2.05) is 11.3 Å².